The van der Waals surface area contributed by atoms with Gasteiger partial charge in [-0.15, -0.1) is 0 Å². The summed E-state index contributed by atoms with van der Waals surface area (Å²) in [5.74, 6) is -0.267. The number of carbonyl (C=O) groups is 1. The van der Waals surface area contributed by atoms with Crippen LogP contribution in [0.25, 0.3) is 0 Å². The molecule has 0 aromatic heterocycles. The molecule has 0 aromatic carbocycles. The summed E-state index contributed by atoms with van der Waals surface area (Å²) in [7, 11) is 1.92. The molecule has 1 atom stereocenters. The molecule has 1 heterocycles. The van der Waals surface area contributed by atoms with Gasteiger partial charge in [-0.25, -0.2) is 4.79 Å². The Bertz CT molecular complexity index is 160. The van der Waals surface area contributed by atoms with Gasteiger partial charge in [0.2, 0.25) is 0 Å². The summed E-state index contributed by atoms with van der Waals surface area (Å²) in [6, 6.07) is -0.100. The first-order valence-corrected chi connectivity index (χ1v) is 4.29. The molecule has 1 aliphatic rings. The van der Waals surface area contributed by atoms with Crippen LogP contribution in [0, 0.1) is 0 Å². The lowest BCUT2D eigenvalue weighted by atomic mass is 10.2. The van der Waals surface area contributed by atoms with Crippen LogP contribution in [0.3, 0.4) is 0 Å². The molecule has 0 saturated carbocycles. The highest BCUT2D eigenvalue weighted by Crippen LogP contribution is 2.15. The van der Waals surface area contributed by atoms with E-state index < -0.39 is 0 Å². The molecule has 1 saturated heterocycles. The van der Waals surface area contributed by atoms with Crippen molar-refractivity contribution in [2.24, 2.45) is 0 Å². The molecule has 0 radical (unpaired) electrons. The second-order valence-corrected chi connectivity index (χ2v) is 2.95. The molecule has 1 fully saturated rings. The van der Waals surface area contributed by atoms with E-state index in [0.717, 1.165) is 19.4 Å². The third-order valence-corrected chi connectivity index (χ3v) is 2.05. The lowest BCUT2D eigenvalue weighted by molar-refractivity contribution is -0.272. The van der Waals surface area contributed by atoms with Crippen LogP contribution in [-0.4, -0.2) is 37.1 Å². The van der Waals surface area contributed by atoms with Crippen molar-refractivity contribution in [2.45, 2.75) is 25.8 Å². The Morgan fingerprint density at radius 1 is 1.67 bits per heavy atom. The molecule has 0 N–H and O–H groups in total. The minimum Gasteiger partial charge on any atom is -0.297 e. The van der Waals surface area contributed by atoms with Gasteiger partial charge in [0, 0.05) is 0 Å². The monoisotopic (exact) mass is 173 g/mol. The largest absolute Gasteiger partial charge is 0.359 e. The van der Waals surface area contributed by atoms with Crippen molar-refractivity contribution >= 4 is 5.97 Å². The Hall–Kier alpha value is -0.610. The average molecular weight is 173 g/mol. The fourth-order valence-electron chi connectivity index (χ4n) is 1.38. The van der Waals surface area contributed by atoms with Crippen molar-refractivity contribution in [1.29, 1.82) is 0 Å². The van der Waals surface area contributed by atoms with Crippen molar-refractivity contribution < 1.29 is 14.6 Å². The van der Waals surface area contributed by atoms with Crippen molar-refractivity contribution in [3.63, 3.8) is 0 Å². The van der Waals surface area contributed by atoms with Crippen LogP contribution in [0.4, 0.5) is 0 Å². The van der Waals surface area contributed by atoms with Gasteiger partial charge >= 0.3 is 5.97 Å². The first kappa shape index (κ1) is 9.48. The van der Waals surface area contributed by atoms with Crippen LogP contribution >= 0.6 is 0 Å². The zero-order chi connectivity index (χ0) is 8.97. The second kappa shape index (κ2) is 4.42. The first-order valence-electron chi connectivity index (χ1n) is 4.29. The maximum Gasteiger partial charge on any atom is 0.359 e. The molecule has 0 bridgehead atoms. The van der Waals surface area contributed by atoms with E-state index in [1.54, 1.807) is 6.92 Å². The second-order valence-electron chi connectivity index (χ2n) is 2.95. The van der Waals surface area contributed by atoms with Crippen molar-refractivity contribution in [2.75, 3.05) is 20.2 Å². The number of rotatable bonds is 3. The van der Waals surface area contributed by atoms with Gasteiger partial charge < -0.3 is 0 Å². The number of hydrogen-bond acceptors (Lipinski definition) is 4. The SMILES string of the molecule is CCOOC(=O)[C@@H]1CCCN1C. The Balaban J connectivity index is 2.30. The van der Waals surface area contributed by atoms with Crippen LogP contribution in [0.2, 0.25) is 0 Å². The third kappa shape index (κ3) is 2.19. The van der Waals surface area contributed by atoms with Crippen LogP contribution in [0.15, 0.2) is 0 Å². The van der Waals surface area contributed by atoms with E-state index in [-0.39, 0.29) is 12.0 Å². The summed E-state index contributed by atoms with van der Waals surface area (Å²) in [6.45, 7) is 3.15. The van der Waals surface area contributed by atoms with Crippen LogP contribution in [0.5, 0.6) is 0 Å². The third-order valence-electron chi connectivity index (χ3n) is 2.05. The Morgan fingerprint density at radius 2 is 2.42 bits per heavy atom. The average Bonchev–Trinajstić information content (AvgIpc) is 2.47. The summed E-state index contributed by atoms with van der Waals surface area (Å²) in [4.78, 5) is 22.4. The predicted octanol–water partition coefficient (Wildman–Crippen LogP) is 0.575. The van der Waals surface area contributed by atoms with Crippen molar-refractivity contribution in [3.05, 3.63) is 0 Å². The first-order chi connectivity index (χ1) is 5.75. The van der Waals surface area contributed by atoms with Crippen LogP contribution in [-0.2, 0) is 14.6 Å². The molecule has 0 spiro atoms. The molecule has 4 heteroatoms. The van der Waals surface area contributed by atoms with Gasteiger partial charge in [0.05, 0.1) is 6.61 Å². The standard InChI is InChI=1S/C8H15NO3/c1-3-11-12-8(10)7-5-4-6-9(7)2/h7H,3-6H2,1-2H3/t7-/m0/s1. The summed E-state index contributed by atoms with van der Waals surface area (Å²) in [6.07, 6.45) is 1.94. The topological polar surface area (TPSA) is 38.8 Å². The number of nitrogens with zero attached hydrogens (tertiary/aromatic N) is 1. The van der Waals surface area contributed by atoms with Crippen LogP contribution in [0.1, 0.15) is 19.8 Å². The molecule has 1 rings (SSSR count). The van der Waals surface area contributed by atoms with E-state index in [1.807, 2.05) is 11.9 Å². The number of likely N-dealkylation sites (N-methyl/N-ethyl adjacent to an activating group) is 1. The van der Waals surface area contributed by atoms with Crippen molar-refractivity contribution in [1.82, 2.24) is 4.90 Å². The van der Waals surface area contributed by atoms with Gasteiger partial charge in [0.15, 0.2) is 0 Å². The number of carbonyl (C=O) groups excluding carboxylic acids is 1. The maximum atomic E-state index is 11.2. The molecule has 0 amide bonds. The zero-order valence-corrected chi connectivity index (χ0v) is 7.58. The fraction of sp³-hybridized carbons (Fsp3) is 0.875. The maximum absolute atomic E-state index is 11.2. The molecule has 0 aliphatic carbocycles. The normalized spacial score (nSPS) is 24.3. The van der Waals surface area contributed by atoms with E-state index in [0.29, 0.717) is 6.61 Å². The van der Waals surface area contributed by atoms with Gasteiger partial charge in [-0.2, -0.15) is 4.89 Å². The molecular weight excluding hydrogens is 158 g/mol. The molecule has 1 aliphatic heterocycles. The molecule has 12 heavy (non-hydrogen) atoms. The smallest absolute Gasteiger partial charge is 0.297 e. The van der Waals surface area contributed by atoms with Gasteiger partial charge in [0.1, 0.15) is 6.04 Å². The molecule has 0 aromatic rings. The quantitative estimate of drug-likeness (QED) is 0.462. The lowest BCUT2D eigenvalue weighted by Gasteiger charge is -2.15. The summed E-state index contributed by atoms with van der Waals surface area (Å²) < 4.78 is 0. The van der Waals surface area contributed by atoms with Gasteiger partial charge in [-0.3, -0.25) is 9.79 Å². The van der Waals surface area contributed by atoms with E-state index in [2.05, 4.69) is 9.78 Å². The van der Waals surface area contributed by atoms with Gasteiger partial charge in [-0.1, -0.05) is 0 Å². The lowest BCUT2D eigenvalue weighted by Crippen LogP contribution is -2.34. The number of hydrogen-bond donors (Lipinski definition) is 0. The summed E-state index contributed by atoms with van der Waals surface area (Å²) in [5, 5.41) is 0. The molecular formula is C8H15NO3. The van der Waals surface area contributed by atoms with E-state index in [1.165, 1.54) is 0 Å². The van der Waals surface area contributed by atoms with Gasteiger partial charge in [0.25, 0.3) is 0 Å². The molecule has 70 valence electrons. The highest BCUT2D eigenvalue weighted by Gasteiger charge is 2.29. The summed E-state index contributed by atoms with van der Waals surface area (Å²) >= 11 is 0. The summed E-state index contributed by atoms with van der Waals surface area (Å²) in [5.41, 5.74) is 0. The van der Waals surface area contributed by atoms with Crippen molar-refractivity contribution in [3.8, 4) is 0 Å². The Morgan fingerprint density at radius 3 is 2.92 bits per heavy atom. The van der Waals surface area contributed by atoms with E-state index >= 15 is 0 Å². The predicted molar refractivity (Wildman–Crippen MR) is 43.4 cm³/mol. The molecule has 4 nitrogen and oxygen atoms in total. The van der Waals surface area contributed by atoms with E-state index in [4.69, 9.17) is 0 Å². The Kier molecular flexibility index (Phi) is 3.49. The fourth-order valence-corrected chi connectivity index (χ4v) is 1.38. The highest BCUT2D eigenvalue weighted by atomic mass is 17.2. The minimum absolute atomic E-state index is 0.100. The van der Waals surface area contributed by atoms with Crippen LogP contribution < -0.4 is 0 Å². The number of likely N-dealkylation sites (tertiary alicyclic amines) is 1. The Labute approximate surface area is 72.4 Å². The highest BCUT2D eigenvalue weighted by molar-refractivity contribution is 5.75. The van der Waals surface area contributed by atoms with E-state index in [9.17, 15) is 4.79 Å². The zero-order valence-electron chi connectivity index (χ0n) is 7.58. The minimum atomic E-state index is -0.267. The van der Waals surface area contributed by atoms with Gasteiger partial charge in [-0.05, 0) is 33.4 Å². The molecule has 0 unspecified atom stereocenters.